The van der Waals surface area contributed by atoms with Crippen LogP contribution in [0.5, 0.6) is 0 Å². The minimum absolute atomic E-state index is 0.901. The van der Waals surface area contributed by atoms with E-state index in [0.29, 0.717) is 0 Å². The van der Waals surface area contributed by atoms with Crippen LogP contribution in [-0.2, 0) is 6.42 Å². The summed E-state index contributed by atoms with van der Waals surface area (Å²) in [7, 11) is 0. The highest BCUT2D eigenvalue weighted by Crippen LogP contribution is 2.42. The summed E-state index contributed by atoms with van der Waals surface area (Å²) in [6.07, 6.45) is 6.40. The quantitative estimate of drug-likeness (QED) is 0.180. The molecule has 0 fully saturated rings. The van der Waals surface area contributed by atoms with Crippen LogP contribution in [0.1, 0.15) is 17.7 Å². The van der Waals surface area contributed by atoms with E-state index in [1.807, 2.05) is 12.1 Å². The van der Waals surface area contributed by atoms with E-state index in [-0.39, 0.29) is 0 Å². The smallest absolute Gasteiger partial charge is 0.137 e. The van der Waals surface area contributed by atoms with Crippen LogP contribution in [0.4, 0.5) is 0 Å². The molecule has 13 rings (SSSR count). The first-order chi connectivity index (χ1) is 28.7. The Bertz CT molecular complexity index is 3650. The van der Waals surface area contributed by atoms with Gasteiger partial charge in [-0.3, -0.25) is 0 Å². The maximum absolute atomic E-state index is 6.42. The second-order valence-electron chi connectivity index (χ2n) is 15.6. The highest BCUT2D eigenvalue weighted by Gasteiger charge is 2.21. The van der Waals surface area contributed by atoms with Crippen LogP contribution in [0.3, 0.4) is 0 Å². The van der Waals surface area contributed by atoms with Crippen LogP contribution in [0.15, 0.2) is 185 Å². The molecule has 0 saturated heterocycles. The molecule has 4 aromatic heterocycles. The predicted molar refractivity (Wildman–Crippen MR) is 240 cm³/mol. The fourth-order valence-corrected chi connectivity index (χ4v) is 9.65. The molecular formula is C54H34N2O2. The maximum Gasteiger partial charge on any atom is 0.137 e. The molecule has 0 atom stereocenters. The maximum atomic E-state index is 6.42. The fourth-order valence-electron chi connectivity index (χ4n) is 9.65. The molecule has 0 saturated carbocycles. The summed E-state index contributed by atoms with van der Waals surface area (Å²) in [6, 6.07) is 61.6. The number of benzene rings is 8. The molecule has 8 aromatic carbocycles. The standard InChI is InChI=1S/C54H34N2O2/c1-3-11-37(12-4-1)55-47-25-23-35(27-41(47)43-29-45-39-15-7-9-17-51(39)57-53(45)31-49(43)55)33-19-21-34(22-20-33)36-24-26-48-42(28-36)44-30-46-40-16-8-10-18-52(40)58-54(46)32-50(44)56(48)38-13-5-2-6-14-38/h1-7,9-15,17-32H,8,16H2. The van der Waals surface area contributed by atoms with E-state index in [9.17, 15) is 0 Å². The number of furan rings is 2. The lowest BCUT2D eigenvalue weighted by Crippen LogP contribution is -1.93. The lowest BCUT2D eigenvalue weighted by molar-refractivity contribution is 0.595. The molecule has 58 heavy (non-hydrogen) atoms. The first-order valence-electron chi connectivity index (χ1n) is 20.0. The van der Waals surface area contributed by atoms with Crippen LogP contribution >= 0.6 is 0 Å². The highest BCUT2D eigenvalue weighted by molar-refractivity contribution is 6.18. The summed E-state index contributed by atoms with van der Waals surface area (Å²) < 4.78 is 17.5. The normalized spacial score (nSPS) is 13.0. The number of para-hydroxylation sites is 3. The van der Waals surface area contributed by atoms with Crippen molar-refractivity contribution in [3.05, 3.63) is 187 Å². The first-order valence-corrected chi connectivity index (χ1v) is 20.0. The van der Waals surface area contributed by atoms with Crippen molar-refractivity contribution in [2.75, 3.05) is 0 Å². The zero-order valence-electron chi connectivity index (χ0n) is 31.4. The van der Waals surface area contributed by atoms with Crippen molar-refractivity contribution in [2.24, 2.45) is 0 Å². The van der Waals surface area contributed by atoms with E-state index in [1.165, 1.54) is 65.8 Å². The lowest BCUT2D eigenvalue weighted by atomic mass is 9.97. The lowest BCUT2D eigenvalue weighted by Gasteiger charge is -2.09. The molecule has 0 unspecified atom stereocenters. The van der Waals surface area contributed by atoms with Gasteiger partial charge in [-0.15, -0.1) is 0 Å². The summed E-state index contributed by atoms with van der Waals surface area (Å²) in [5.74, 6) is 0.996. The fraction of sp³-hybridized carbons (Fsp3) is 0.0370. The third-order valence-electron chi connectivity index (χ3n) is 12.4. The van der Waals surface area contributed by atoms with Crippen molar-refractivity contribution in [3.8, 4) is 33.6 Å². The topological polar surface area (TPSA) is 36.1 Å². The van der Waals surface area contributed by atoms with Crippen molar-refractivity contribution < 1.29 is 8.83 Å². The number of allylic oxidation sites excluding steroid dienone is 1. The van der Waals surface area contributed by atoms with Crippen molar-refractivity contribution in [2.45, 2.75) is 12.8 Å². The van der Waals surface area contributed by atoms with E-state index >= 15 is 0 Å². The number of rotatable bonds is 4. The molecule has 0 spiro atoms. The molecule has 4 heteroatoms. The highest BCUT2D eigenvalue weighted by atomic mass is 16.3. The Kier molecular flexibility index (Phi) is 6.53. The van der Waals surface area contributed by atoms with Crippen LogP contribution in [0.25, 0.3) is 116 Å². The second-order valence-corrected chi connectivity index (χ2v) is 15.6. The van der Waals surface area contributed by atoms with Crippen LogP contribution in [0.2, 0.25) is 0 Å². The van der Waals surface area contributed by atoms with Gasteiger partial charge in [-0.25, -0.2) is 0 Å². The van der Waals surface area contributed by atoms with E-state index in [0.717, 1.165) is 68.5 Å². The summed E-state index contributed by atoms with van der Waals surface area (Å²) in [5, 5.41) is 8.41. The molecule has 4 nitrogen and oxygen atoms in total. The van der Waals surface area contributed by atoms with Gasteiger partial charge in [0, 0.05) is 66.8 Å². The number of fused-ring (bicyclic) bond motifs is 12. The van der Waals surface area contributed by atoms with Gasteiger partial charge in [0.25, 0.3) is 0 Å². The minimum atomic E-state index is 0.901. The van der Waals surface area contributed by atoms with Gasteiger partial charge in [-0.1, -0.05) is 97.1 Å². The Morgan fingerprint density at radius 3 is 1.50 bits per heavy atom. The van der Waals surface area contributed by atoms with Gasteiger partial charge in [0.15, 0.2) is 0 Å². The van der Waals surface area contributed by atoms with Gasteiger partial charge < -0.3 is 18.0 Å². The second kappa shape index (κ2) is 12.0. The van der Waals surface area contributed by atoms with Gasteiger partial charge in [-0.05, 0) is 108 Å². The summed E-state index contributed by atoms with van der Waals surface area (Å²) in [4.78, 5) is 0. The molecule has 4 heterocycles. The van der Waals surface area contributed by atoms with Crippen molar-refractivity contribution in [1.29, 1.82) is 0 Å². The molecule has 0 aliphatic heterocycles. The number of aryl methyl sites for hydroxylation is 1. The Morgan fingerprint density at radius 1 is 0.362 bits per heavy atom. The molecule has 272 valence electrons. The molecule has 1 aliphatic carbocycles. The monoisotopic (exact) mass is 742 g/mol. The van der Waals surface area contributed by atoms with E-state index < -0.39 is 0 Å². The van der Waals surface area contributed by atoms with Crippen LogP contribution < -0.4 is 0 Å². The molecule has 12 aromatic rings. The number of hydrogen-bond donors (Lipinski definition) is 0. The van der Waals surface area contributed by atoms with E-state index in [2.05, 4.69) is 179 Å². The molecular weight excluding hydrogens is 709 g/mol. The van der Waals surface area contributed by atoms with Crippen molar-refractivity contribution in [1.82, 2.24) is 9.13 Å². The largest absolute Gasteiger partial charge is 0.456 e. The number of hydrogen-bond acceptors (Lipinski definition) is 2. The van der Waals surface area contributed by atoms with E-state index in [1.54, 1.807) is 0 Å². The van der Waals surface area contributed by atoms with Gasteiger partial charge in [0.2, 0.25) is 0 Å². The zero-order valence-corrected chi connectivity index (χ0v) is 31.4. The predicted octanol–water partition coefficient (Wildman–Crippen LogP) is 14.8. The van der Waals surface area contributed by atoms with E-state index in [4.69, 9.17) is 8.83 Å². The average molecular weight is 743 g/mol. The summed E-state index contributed by atoms with van der Waals surface area (Å²) >= 11 is 0. The Balaban J connectivity index is 0.946. The number of aromatic nitrogens is 2. The van der Waals surface area contributed by atoms with Crippen LogP contribution in [0, 0.1) is 0 Å². The molecule has 0 N–H and O–H groups in total. The third-order valence-corrected chi connectivity index (χ3v) is 12.4. The van der Waals surface area contributed by atoms with Gasteiger partial charge >= 0.3 is 0 Å². The Morgan fingerprint density at radius 2 is 0.879 bits per heavy atom. The van der Waals surface area contributed by atoms with Gasteiger partial charge in [-0.2, -0.15) is 0 Å². The molecule has 0 amide bonds. The van der Waals surface area contributed by atoms with Gasteiger partial charge in [0.05, 0.1) is 22.1 Å². The van der Waals surface area contributed by atoms with Crippen molar-refractivity contribution >= 4 is 82.6 Å². The third kappa shape index (κ3) is 4.57. The number of nitrogens with zero attached hydrogens (tertiary/aromatic N) is 2. The minimum Gasteiger partial charge on any atom is -0.456 e. The Hall–Kier alpha value is -7.56. The Labute approximate surface area is 333 Å². The molecule has 1 aliphatic rings. The summed E-state index contributed by atoms with van der Waals surface area (Å²) in [5.41, 5.74) is 15.8. The zero-order chi connectivity index (χ0) is 37.9. The van der Waals surface area contributed by atoms with Gasteiger partial charge in [0.1, 0.15) is 22.5 Å². The average Bonchev–Trinajstić information content (AvgIpc) is 4.02. The van der Waals surface area contributed by atoms with Crippen molar-refractivity contribution in [3.63, 3.8) is 0 Å². The molecule has 0 radical (unpaired) electrons. The SMILES string of the molecule is C1=Cc2oc3cc4c(cc3c2CC1)c1cc(-c2ccc(-c3ccc5c(c3)c3cc6c(cc3n5-c3ccccc3)oc3ccccc36)cc2)ccc1n4-c1ccccc1. The summed E-state index contributed by atoms with van der Waals surface area (Å²) in [6.45, 7) is 0. The molecule has 0 bridgehead atoms. The van der Waals surface area contributed by atoms with Crippen LogP contribution in [-0.4, -0.2) is 9.13 Å². The first kappa shape index (κ1) is 31.6.